The van der Waals surface area contributed by atoms with Crippen LogP contribution in [0.5, 0.6) is 0 Å². The molecule has 0 radical (unpaired) electrons. The number of nitrogens with zero attached hydrogens (tertiary/aromatic N) is 3. The zero-order valence-corrected chi connectivity index (χ0v) is 11.5. The number of rotatable bonds is 4. The third-order valence-corrected chi connectivity index (χ3v) is 2.87. The van der Waals surface area contributed by atoms with E-state index in [0.29, 0.717) is 0 Å². The van der Waals surface area contributed by atoms with Crippen LogP contribution in [0.3, 0.4) is 0 Å². The average molecular weight is 295 g/mol. The van der Waals surface area contributed by atoms with Crippen LogP contribution in [0.4, 0.5) is 0 Å². The van der Waals surface area contributed by atoms with Crippen LogP contribution in [0.2, 0.25) is 0 Å². The van der Waals surface area contributed by atoms with Crippen LogP contribution in [-0.2, 0) is 6.54 Å². The standard InChI is InChI=1S/C12H15BrN4/c1-3-14-5-10-6-15-9(2)4-12(10)17-8-11(13)7-16-17/h4,6-8,14H,3,5H2,1-2H3. The fraction of sp³-hybridized carbons (Fsp3) is 0.333. The molecule has 0 aliphatic rings. The molecule has 4 nitrogen and oxygen atoms in total. The minimum absolute atomic E-state index is 0.802. The summed E-state index contributed by atoms with van der Waals surface area (Å²) in [6, 6.07) is 2.05. The van der Waals surface area contributed by atoms with Crippen molar-refractivity contribution >= 4 is 15.9 Å². The maximum absolute atomic E-state index is 4.33. The van der Waals surface area contributed by atoms with Gasteiger partial charge < -0.3 is 5.32 Å². The Bertz CT molecular complexity index is 507. The minimum atomic E-state index is 0.802. The van der Waals surface area contributed by atoms with Crippen molar-refractivity contribution in [2.75, 3.05) is 6.54 Å². The Morgan fingerprint density at radius 1 is 1.41 bits per heavy atom. The van der Waals surface area contributed by atoms with E-state index in [4.69, 9.17) is 0 Å². The second-order valence-corrected chi connectivity index (χ2v) is 4.75. The van der Waals surface area contributed by atoms with Gasteiger partial charge in [0.05, 0.1) is 16.4 Å². The lowest BCUT2D eigenvalue weighted by atomic mass is 10.2. The Balaban J connectivity index is 2.39. The van der Waals surface area contributed by atoms with Gasteiger partial charge in [0, 0.05) is 30.2 Å². The summed E-state index contributed by atoms with van der Waals surface area (Å²) in [5.74, 6) is 0. The number of halogens is 1. The second kappa shape index (κ2) is 5.42. The number of aromatic nitrogens is 3. The topological polar surface area (TPSA) is 42.7 Å². The Hall–Kier alpha value is -1.20. The van der Waals surface area contributed by atoms with Gasteiger partial charge in [0.25, 0.3) is 0 Å². The van der Waals surface area contributed by atoms with Crippen molar-refractivity contribution in [3.05, 3.63) is 40.4 Å². The van der Waals surface area contributed by atoms with Gasteiger partial charge in [-0.1, -0.05) is 6.92 Å². The van der Waals surface area contributed by atoms with Crippen LogP contribution in [0, 0.1) is 6.92 Å². The highest BCUT2D eigenvalue weighted by Crippen LogP contribution is 2.17. The van der Waals surface area contributed by atoms with Gasteiger partial charge >= 0.3 is 0 Å². The first-order valence-electron chi connectivity index (χ1n) is 5.57. The average Bonchev–Trinajstić information content (AvgIpc) is 2.74. The van der Waals surface area contributed by atoms with Gasteiger partial charge in [-0.05, 0) is 35.5 Å². The number of pyridine rings is 1. The summed E-state index contributed by atoms with van der Waals surface area (Å²) >= 11 is 3.41. The van der Waals surface area contributed by atoms with Crippen LogP contribution >= 0.6 is 15.9 Å². The Morgan fingerprint density at radius 3 is 2.88 bits per heavy atom. The summed E-state index contributed by atoms with van der Waals surface area (Å²) in [6.07, 6.45) is 5.64. The third-order valence-electron chi connectivity index (χ3n) is 2.46. The molecule has 0 bridgehead atoms. The normalized spacial score (nSPS) is 10.8. The highest BCUT2D eigenvalue weighted by molar-refractivity contribution is 9.10. The van der Waals surface area contributed by atoms with Crippen molar-refractivity contribution < 1.29 is 0 Å². The van der Waals surface area contributed by atoms with E-state index in [1.54, 1.807) is 6.20 Å². The van der Waals surface area contributed by atoms with Crippen molar-refractivity contribution in [1.29, 1.82) is 0 Å². The molecule has 0 atom stereocenters. The summed E-state index contributed by atoms with van der Waals surface area (Å²) in [7, 11) is 0. The quantitative estimate of drug-likeness (QED) is 0.942. The van der Waals surface area contributed by atoms with Crippen LogP contribution in [0.1, 0.15) is 18.2 Å². The van der Waals surface area contributed by atoms with E-state index >= 15 is 0 Å². The molecular weight excluding hydrogens is 280 g/mol. The molecule has 5 heteroatoms. The van der Waals surface area contributed by atoms with Crippen molar-refractivity contribution in [3.8, 4) is 5.69 Å². The van der Waals surface area contributed by atoms with Crippen molar-refractivity contribution in [2.45, 2.75) is 20.4 Å². The molecular formula is C12H15BrN4. The highest BCUT2D eigenvalue weighted by atomic mass is 79.9. The number of nitrogens with one attached hydrogen (secondary N) is 1. The molecule has 2 heterocycles. The first kappa shape index (κ1) is 12.3. The van der Waals surface area contributed by atoms with Gasteiger partial charge in [-0.25, -0.2) is 4.68 Å². The molecule has 0 saturated carbocycles. The first-order chi connectivity index (χ1) is 8.20. The van der Waals surface area contributed by atoms with Gasteiger partial charge in [-0.2, -0.15) is 5.10 Å². The van der Waals surface area contributed by atoms with E-state index in [2.05, 4.69) is 38.3 Å². The van der Waals surface area contributed by atoms with Crippen LogP contribution in [0.25, 0.3) is 5.69 Å². The zero-order chi connectivity index (χ0) is 12.3. The minimum Gasteiger partial charge on any atom is -0.313 e. The van der Waals surface area contributed by atoms with E-state index in [1.165, 1.54) is 0 Å². The maximum Gasteiger partial charge on any atom is 0.0724 e. The molecule has 17 heavy (non-hydrogen) atoms. The summed E-state index contributed by atoms with van der Waals surface area (Å²) < 4.78 is 2.84. The molecule has 0 spiro atoms. The monoisotopic (exact) mass is 294 g/mol. The maximum atomic E-state index is 4.33. The molecule has 0 aliphatic heterocycles. The van der Waals surface area contributed by atoms with Gasteiger partial charge in [0.1, 0.15) is 0 Å². The van der Waals surface area contributed by atoms with Crippen molar-refractivity contribution in [3.63, 3.8) is 0 Å². The van der Waals surface area contributed by atoms with Crippen LogP contribution < -0.4 is 5.32 Å². The predicted molar refractivity (Wildman–Crippen MR) is 71.2 cm³/mol. The molecule has 0 fully saturated rings. The first-order valence-corrected chi connectivity index (χ1v) is 6.36. The van der Waals surface area contributed by atoms with Gasteiger partial charge in [-0.3, -0.25) is 4.98 Å². The summed E-state index contributed by atoms with van der Waals surface area (Å²) in [5.41, 5.74) is 3.21. The molecule has 0 aromatic carbocycles. The largest absolute Gasteiger partial charge is 0.313 e. The number of hydrogen-bond donors (Lipinski definition) is 1. The molecule has 2 aromatic rings. The smallest absolute Gasteiger partial charge is 0.0724 e. The summed E-state index contributed by atoms with van der Waals surface area (Å²) in [6.45, 7) is 5.82. The lowest BCUT2D eigenvalue weighted by molar-refractivity contribution is 0.713. The van der Waals surface area contributed by atoms with E-state index in [1.807, 2.05) is 30.1 Å². The predicted octanol–water partition coefficient (Wildman–Crippen LogP) is 2.45. The van der Waals surface area contributed by atoms with E-state index in [0.717, 1.165) is 34.5 Å². The van der Waals surface area contributed by atoms with Crippen molar-refractivity contribution in [1.82, 2.24) is 20.1 Å². The molecule has 2 aromatic heterocycles. The van der Waals surface area contributed by atoms with E-state index < -0.39 is 0 Å². The fourth-order valence-electron chi connectivity index (χ4n) is 1.62. The summed E-state index contributed by atoms with van der Waals surface area (Å²) in [4.78, 5) is 4.33. The van der Waals surface area contributed by atoms with Gasteiger partial charge in [0.2, 0.25) is 0 Å². The molecule has 0 amide bonds. The number of aryl methyl sites for hydroxylation is 1. The molecule has 2 rings (SSSR count). The lowest BCUT2D eigenvalue weighted by Gasteiger charge is -2.10. The van der Waals surface area contributed by atoms with Crippen LogP contribution in [-0.4, -0.2) is 21.3 Å². The number of hydrogen-bond acceptors (Lipinski definition) is 3. The summed E-state index contributed by atoms with van der Waals surface area (Å²) in [5, 5.41) is 7.62. The molecule has 1 N–H and O–H groups in total. The molecule has 0 aliphatic carbocycles. The SMILES string of the molecule is CCNCc1cnc(C)cc1-n1cc(Br)cn1. The molecule has 0 saturated heterocycles. The Kier molecular flexibility index (Phi) is 3.91. The second-order valence-electron chi connectivity index (χ2n) is 3.84. The lowest BCUT2D eigenvalue weighted by Crippen LogP contribution is -2.14. The van der Waals surface area contributed by atoms with Crippen molar-refractivity contribution in [2.24, 2.45) is 0 Å². The van der Waals surface area contributed by atoms with Gasteiger partial charge in [0.15, 0.2) is 0 Å². The Morgan fingerprint density at radius 2 is 2.24 bits per heavy atom. The fourth-order valence-corrected chi connectivity index (χ4v) is 1.90. The van der Waals surface area contributed by atoms with Gasteiger partial charge in [-0.15, -0.1) is 0 Å². The van der Waals surface area contributed by atoms with E-state index in [9.17, 15) is 0 Å². The Labute approximate surface area is 109 Å². The third kappa shape index (κ3) is 2.92. The molecule has 90 valence electrons. The van der Waals surface area contributed by atoms with E-state index in [-0.39, 0.29) is 0 Å². The highest BCUT2D eigenvalue weighted by Gasteiger charge is 2.07. The zero-order valence-electron chi connectivity index (χ0n) is 9.94. The van der Waals surface area contributed by atoms with Crippen LogP contribution in [0.15, 0.2) is 29.1 Å². The molecule has 0 unspecified atom stereocenters.